The van der Waals surface area contributed by atoms with Crippen molar-refractivity contribution in [2.45, 2.75) is 6.42 Å². The van der Waals surface area contributed by atoms with E-state index < -0.39 is 0 Å². The maximum atomic E-state index is 2.42. The predicted octanol–water partition coefficient (Wildman–Crippen LogP) is 10.2. The molecule has 0 unspecified atom stereocenters. The number of hydrogen-bond donors (Lipinski definition) is 0. The Balaban J connectivity index is 1.26. The molecule has 0 aliphatic heterocycles. The molecular weight excluding hydrogens is 444 g/mol. The molecule has 0 amide bonds. The normalized spacial score (nSPS) is 12.8. The van der Waals surface area contributed by atoms with Crippen molar-refractivity contribution in [3.05, 3.63) is 132 Å². The third kappa shape index (κ3) is 2.84. The summed E-state index contributed by atoms with van der Waals surface area (Å²) in [5.41, 5.74) is 5.67. The smallest absolute Gasteiger partial charge is 0.00130 e. The van der Waals surface area contributed by atoms with E-state index in [4.69, 9.17) is 0 Å². The van der Waals surface area contributed by atoms with Gasteiger partial charge in [-0.2, -0.15) is 0 Å². The third-order valence-corrected chi connectivity index (χ3v) is 8.44. The fourth-order valence-electron chi connectivity index (χ4n) is 6.58. The highest BCUT2D eigenvalue weighted by atomic mass is 14.2. The molecule has 0 atom stereocenters. The van der Waals surface area contributed by atoms with Crippen LogP contribution in [0.2, 0.25) is 0 Å². The van der Waals surface area contributed by atoms with Crippen LogP contribution < -0.4 is 0 Å². The molecule has 0 radical (unpaired) electrons. The van der Waals surface area contributed by atoms with Crippen LogP contribution in [0.5, 0.6) is 0 Å². The van der Waals surface area contributed by atoms with Crippen LogP contribution in [0, 0.1) is 0 Å². The summed E-state index contributed by atoms with van der Waals surface area (Å²) in [5, 5.41) is 15.7. The van der Waals surface area contributed by atoms with Gasteiger partial charge in [0.1, 0.15) is 0 Å². The van der Waals surface area contributed by atoms with E-state index in [0.29, 0.717) is 0 Å². The highest BCUT2D eigenvalue weighted by molar-refractivity contribution is 6.10. The van der Waals surface area contributed by atoms with Crippen molar-refractivity contribution in [3.63, 3.8) is 0 Å². The van der Waals surface area contributed by atoms with Crippen LogP contribution in [0.1, 0.15) is 11.1 Å². The molecule has 0 aromatic heterocycles. The van der Waals surface area contributed by atoms with Crippen LogP contribution in [-0.2, 0) is 6.42 Å². The van der Waals surface area contributed by atoms with Gasteiger partial charge in [-0.05, 0) is 154 Å². The van der Waals surface area contributed by atoms with Crippen LogP contribution in [0.25, 0.3) is 75.8 Å². The third-order valence-electron chi connectivity index (χ3n) is 8.44. The second kappa shape index (κ2) is 6.96. The Morgan fingerprint density at radius 2 is 0.541 bits per heavy atom. The minimum atomic E-state index is 1.02. The zero-order valence-electron chi connectivity index (χ0n) is 20.3. The van der Waals surface area contributed by atoms with Crippen molar-refractivity contribution in [1.29, 1.82) is 0 Å². The van der Waals surface area contributed by atoms with E-state index in [9.17, 15) is 0 Å². The van der Waals surface area contributed by atoms with Crippen molar-refractivity contribution in [2.75, 3.05) is 0 Å². The molecule has 0 saturated heterocycles. The number of rotatable bonds is 0. The molecule has 37 heavy (non-hydrogen) atoms. The summed E-state index contributed by atoms with van der Waals surface area (Å²) in [7, 11) is 0. The molecule has 8 aromatic carbocycles. The summed E-state index contributed by atoms with van der Waals surface area (Å²) in [4.78, 5) is 0. The number of benzene rings is 8. The van der Waals surface area contributed by atoms with E-state index in [1.165, 1.54) is 86.9 Å². The van der Waals surface area contributed by atoms with Gasteiger partial charge in [0.25, 0.3) is 0 Å². The minimum Gasteiger partial charge on any atom is -0.0616 e. The minimum absolute atomic E-state index is 1.02. The van der Waals surface area contributed by atoms with Crippen LogP contribution in [0.4, 0.5) is 0 Å². The maximum absolute atomic E-state index is 2.42. The second-order valence-electron chi connectivity index (χ2n) is 10.7. The van der Waals surface area contributed by atoms with Gasteiger partial charge < -0.3 is 0 Å². The highest BCUT2D eigenvalue weighted by Crippen LogP contribution is 2.42. The van der Waals surface area contributed by atoms with Crippen LogP contribution >= 0.6 is 0 Å². The van der Waals surface area contributed by atoms with Crippen molar-refractivity contribution in [1.82, 2.24) is 0 Å². The van der Waals surface area contributed by atoms with Gasteiger partial charge in [0.05, 0.1) is 0 Å². The standard InChI is InChI=1S/C37H22/c1-2-6-23-10-27-13-29-15-31-17-33-21-37-35(19-34-11-24-7-3-4-8-25(24)20-36(34)37)18-32(33)16-30(31)14-28(29)12-26(27)9-22(23)5-1/h1-18,20-21H,19H2. The fraction of sp³-hybridized carbons (Fsp3) is 0.0270. The molecule has 0 nitrogen and oxygen atoms in total. The summed E-state index contributed by atoms with van der Waals surface area (Å²) in [5.74, 6) is 0. The Bertz CT molecular complexity index is 2270. The predicted molar refractivity (Wildman–Crippen MR) is 160 cm³/mol. The molecule has 0 spiro atoms. The lowest BCUT2D eigenvalue weighted by atomic mass is 9.94. The Hall–Kier alpha value is -4.68. The van der Waals surface area contributed by atoms with Crippen molar-refractivity contribution >= 4 is 64.6 Å². The van der Waals surface area contributed by atoms with E-state index in [1.54, 1.807) is 0 Å². The van der Waals surface area contributed by atoms with Crippen molar-refractivity contribution < 1.29 is 0 Å². The zero-order chi connectivity index (χ0) is 24.1. The van der Waals surface area contributed by atoms with Gasteiger partial charge >= 0.3 is 0 Å². The molecule has 0 bridgehead atoms. The van der Waals surface area contributed by atoms with Gasteiger partial charge in [-0.3, -0.25) is 0 Å². The Labute approximate surface area is 214 Å². The van der Waals surface area contributed by atoms with Crippen LogP contribution in [0.15, 0.2) is 121 Å². The van der Waals surface area contributed by atoms with Crippen molar-refractivity contribution in [2.24, 2.45) is 0 Å². The van der Waals surface area contributed by atoms with Crippen molar-refractivity contribution in [3.8, 4) is 11.1 Å². The first-order valence-electron chi connectivity index (χ1n) is 13.0. The molecule has 0 heteroatoms. The molecule has 0 saturated carbocycles. The molecule has 1 aliphatic rings. The van der Waals surface area contributed by atoms with Gasteiger partial charge in [0, 0.05) is 0 Å². The molecular formula is C37H22. The van der Waals surface area contributed by atoms with Gasteiger partial charge in [0.2, 0.25) is 0 Å². The second-order valence-corrected chi connectivity index (χ2v) is 10.7. The summed E-state index contributed by atoms with van der Waals surface area (Å²) in [6.07, 6.45) is 1.02. The first-order valence-corrected chi connectivity index (χ1v) is 13.0. The van der Waals surface area contributed by atoms with E-state index >= 15 is 0 Å². The van der Waals surface area contributed by atoms with Gasteiger partial charge in [-0.1, -0.05) is 60.7 Å². The largest absolute Gasteiger partial charge is 0.0616 e. The topological polar surface area (TPSA) is 0 Å². The highest BCUT2D eigenvalue weighted by Gasteiger charge is 2.20. The van der Waals surface area contributed by atoms with E-state index in [0.717, 1.165) is 6.42 Å². The Morgan fingerprint density at radius 1 is 0.270 bits per heavy atom. The number of fused-ring (bicyclic) bond motifs is 9. The average molecular weight is 467 g/mol. The molecule has 0 heterocycles. The molecule has 9 rings (SSSR count). The molecule has 1 aliphatic carbocycles. The van der Waals surface area contributed by atoms with Crippen LogP contribution in [0.3, 0.4) is 0 Å². The average Bonchev–Trinajstić information content (AvgIpc) is 3.26. The van der Waals surface area contributed by atoms with Gasteiger partial charge in [-0.25, -0.2) is 0 Å². The lowest BCUT2D eigenvalue weighted by molar-refractivity contribution is 1.28. The Kier molecular flexibility index (Phi) is 3.67. The molecule has 170 valence electrons. The van der Waals surface area contributed by atoms with Crippen LogP contribution in [-0.4, -0.2) is 0 Å². The maximum Gasteiger partial charge on any atom is -0.00130 e. The lowest BCUT2D eigenvalue weighted by Crippen LogP contribution is -1.84. The molecule has 0 N–H and O–H groups in total. The summed E-state index contributed by atoms with van der Waals surface area (Å²) >= 11 is 0. The van der Waals surface area contributed by atoms with E-state index in [1.807, 2.05) is 0 Å². The Morgan fingerprint density at radius 3 is 1.00 bits per heavy atom. The fourth-order valence-corrected chi connectivity index (χ4v) is 6.58. The summed E-state index contributed by atoms with van der Waals surface area (Å²) in [6, 6.07) is 45.8. The number of hydrogen-bond acceptors (Lipinski definition) is 0. The van der Waals surface area contributed by atoms with Gasteiger partial charge in [-0.15, -0.1) is 0 Å². The van der Waals surface area contributed by atoms with Gasteiger partial charge in [0.15, 0.2) is 0 Å². The molecule has 8 aromatic rings. The summed E-state index contributed by atoms with van der Waals surface area (Å²) in [6.45, 7) is 0. The monoisotopic (exact) mass is 466 g/mol. The first-order chi connectivity index (χ1) is 18.2. The summed E-state index contributed by atoms with van der Waals surface area (Å²) < 4.78 is 0. The zero-order valence-corrected chi connectivity index (χ0v) is 20.3. The first kappa shape index (κ1) is 19.5. The van der Waals surface area contributed by atoms with E-state index in [-0.39, 0.29) is 0 Å². The SMILES string of the molecule is c1ccc2cc3c(cc2c1)Cc1cc2cc4cc5cc6cc7ccccc7cc6cc5cc4cc2cc1-3. The quantitative estimate of drug-likeness (QED) is 0.195. The van der Waals surface area contributed by atoms with E-state index in [2.05, 4.69) is 121 Å². The lowest BCUT2D eigenvalue weighted by Gasteiger charge is -2.10. The molecule has 0 fully saturated rings.